The van der Waals surface area contributed by atoms with E-state index >= 15 is 0 Å². The maximum absolute atomic E-state index is 12.5. The second-order valence-corrected chi connectivity index (χ2v) is 9.43. The van der Waals surface area contributed by atoms with Crippen molar-refractivity contribution in [3.8, 4) is 0 Å². The molecule has 29 heavy (non-hydrogen) atoms. The highest BCUT2D eigenvalue weighted by atomic mass is 32.1. The molecule has 0 radical (unpaired) electrons. The van der Waals surface area contributed by atoms with Gasteiger partial charge in [0.25, 0.3) is 0 Å². The smallest absolute Gasteiger partial charge is 0.226 e. The lowest BCUT2D eigenvalue weighted by Gasteiger charge is -2.21. The SMILES string of the molecule is CCCC(=O)Nc1nc2ccc(CCC(=O)N[C@H](c3cccs3)C(C)C)cc2s1. The third-order valence-electron chi connectivity index (χ3n) is 4.65. The zero-order chi connectivity index (χ0) is 20.8. The predicted octanol–water partition coefficient (Wildman–Crippen LogP) is 5.54. The van der Waals surface area contributed by atoms with Crippen LogP contribution >= 0.6 is 22.7 Å². The number of aryl methyl sites for hydroxylation is 1. The minimum absolute atomic E-state index is 0.00565. The highest BCUT2D eigenvalue weighted by molar-refractivity contribution is 7.22. The molecule has 154 valence electrons. The number of amides is 2. The monoisotopic (exact) mass is 429 g/mol. The molecule has 1 atom stereocenters. The molecule has 0 spiro atoms. The minimum atomic E-state index is -0.00565. The van der Waals surface area contributed by atoms with Crippen LogP contribution in [0.4, 0.5) is 5.13 Å². The van der Waals surface area contributed by atoms with Crippen molar-refractivity contribution < 1.29 is 9.59 Å². The molecule has 2 N–H and O–H groups in total. The van der Waals surface area contributed by atoms with Crippen LogP contribution in [0.1, 0.15) is 56.5 Å². The summed E-state index contributed by atoms with van der Waals surface area (Å²) in [6, 6.07) is 10.2. The molecule has 0 aliphatic heterocycles. The second-order valence-electron chi connectivity index (χ2n) is 7.42. The lowest BCUT2D eigenvalue weighted by atomic mass is 10.0. The van der Waals surface area contributed by atoms with Gasteiger partial charge in [-0.1, -0.05) is 44.2 Å². The van der Waals surface area contributed by atoms with Crippen molar-refractivity contribution in [2.45, 2.75) is 52.5 Å². The molecule has 0 saturated carbocycles. The number of carbonyl (C=O) groups is 2. The number of fused-ring (bicyclic) bond motifs is 1. The summed E-state index contributed by atoms with van der Waals surface area (Å²) < 4.78 is 1.02. The van der Waals surface area contributed by atoms with E-state index in [2.05, 4.69) is 41.6 Å². The number of nitrogens with zero attached hydrogens (tertiary/aromatic N) is 1. The maximum Gasteiger partial charge on any atom is 0.226 e. The summed E-state index contributed by atoms with van der Waals surface area (Å²) in [5.74, 6) is 0.399. The molecule has 3 aromatic rings. The van der Waals surface area contributed by atoms with Crippen LogP contribution in [0.25, 0.3) is 10.2 Å². The quantitative estimate of drug-likeness (QED) is 0.469. The summed E-state index contributed by atoms with van der Waals surface area (Å²) in [6.45, 7) is 6.22. The number of aromatic nitrogens is 1. The van der Waals surface area contributed by atoms with Gasteiger partial charge in [-0.15, -0.1) is 11.3 Å². The van der Waals surface area contributed by atoms with Crippen molar-refractivity contribution in [3.63, 3.8) is 0 Å². The lowest BCUT2D eigenvalue weighted by Crippen LogP contribution is -2.31. The van der Waals surface area contributed by atoms with Gasteiger partial charge in [-0.3, -0.25) is 9.59 Å². The molecule has 1 aromatic carbocycles. The average Bonchev–Trinajstić information content (AvgIpc) is 3.33. The predicted molar refractivity (Wildman–Crippen MR) is 122 cm³/mol. The first-order valence-electron chi connectivity index (χ1n) is 9.98. The molecule has 0 fully saturated rings. The van der Waals surface area contributed by atoms with Crippen LogP contribution in [-0.4, -0.2) is 16.8 Å². The summed E-state index contributed by atoms with van der Waals surface area (Å²) in [5, 5.41) is 8.70. The Labute approximate surface area is 179 Å². The zero-order valence-electron chi connectivity index (χ0n) is 17.0. The van der Waals surface area contributed by atoms with E-state index in [1.807, 2.05) is 30.5 Å². The molecule has 0 saturated heterocycles. The number of hydrogen-bond donors (Lipinski definition) is 2. The number of nitrogens with one attached hydrogen (secondary N) is 2. The molecule has 2 amide bonds. The molecule has 0 aliphatic carbocycles. The van der Waals surface area contributed by atoms with Crippen LogP contribution in [0.15, 0.2) is 35.7 Å². The minimum Gasteiger partial charge on any atom is -0.348 e. The van der Waals surface area contributed by atoms with E-state index in [0.717, 1.165) is 22.2 Å². The first-order valence-corrected chi connectivity index (χ1v) is 11.7. The Kier molecular flexibility index (Phi) is 7.39. The number of rotatable bonds is 9. The van der Waals surface area contributed by atoms with E-state index in [4.69, 9.17) is 0 Å². The Morgan fingerprint density at radius 2 is 1.97 bits per heavy atom. The Balaban J connectivity index is 1.59. The number of thiazole rings is 1. The standard InChI is InChI=1S/C22H27N3O2S2/c1-4-6-19(26)25-22-23-16-10-8-15(13-18(16)29-22)9-11-20(27)24-21(14(2)3)17-7-5-12-28-17/h5,7-8,10,12-14,21H,4,6,9,11H2,1-3H3,(H,24,27)(H,23,25,26)/t21-/m0/s1. The topological polar surface area (TPSA) is 71.1 Å². The van der Waals surface area contributed by atoms with E-state index in [0.29, 0.717) is 30.3 Å². The first-order chi connectivity index (χ1) is 14.0. The van der Waals surface area contributed by atoms with Crippen molar-refractivity contribution in [1.82, 2.24) is 10.3 Å². The van der Waals surface area contributed by atoms with Gasteiger partial charge >= 0.3 is 0 Å². The lowest BCUT2D eigenvalue weighted by molar-refractivity contribution is -0.122. The number of anilines is 1. The third-order valence-corrected chi connectivity index (χ3v) is 6.54. The Morgan fingerprint density at radius 3 is 2.66 bits per heavy atom. The van der Waals surface area contributed by atoms with E-state index in [9.17, 15) is 9.59 Å². The van der Waals surface area contributed by atoms with Gasteiger partial charge < -0.3 is 10.6 Å². The number of hydrogen-bond acceptors (Lipinski definition) is 5. The number of benzene rings is 1. The molecule has 0 aliphatic rings. The zero-order valence-corrected chi connectivity index (χ0v) is 18.7. The molecule has 7 heteroatoms. The van der Waals surface area contributed by atoms with E-state index in [-0.39, 0.29) is 17.9 Å². The highest BCUT2D eigenvalue weighted by Crippen LogP contribution is 2.28. The number of carbonyl (C=O) groups excluding carboxylic acids is 2. The second kappa shape index (κ2) is 9.98. The van der Waals surface area contributed by atoms with Gasteiger partial charge in [-0.05, 0) is 47.9 Å². The van der Waals surface area contributed by atoms with Crippen LogP contribution < -0.4 is 10.6 Å². The molecule has 2 heterocycles. The Bertz CT molecular complexity index is 964. The first kappa shape index (κ1) is 21.5. The fraction of sp³-hybridized carbons (Fsp3) is 0.409. The summed E-state index contributed by atoms with van der Waals surface area (Å²) in [7, 11) is 0. The van der Waals surface area contributed by atoms with Crippen LogP contribution in [0.5, 0.6) is 0 Å². The van der Waals surface area contributed by atoms with Crippen LogP contribution in [0, 0.1) is 5.92 Å². The summed E-state index contributed by atoms with van der Waals surface area (Å²) >= 11 is 3.15. The molecule has 2 aromatic heterocycles. The van der Waals surface area contributed by atoms with Crippen molar-refractivity contribution >= 4 is 49.8 Å². The van der Waals surface area contributed by atoms with Crippen molar-refractivity contribution in [2.75, 3.05) is 5.32 Å². The van der Waals surface area contributed by atoms with Crippen molar-refractivity contribution in [1.29, 1.82) is 0 Å². The molecule has 0 bridgehead atoms. The van der Waals surface area contributed by atoms with Gasteiger partial charge in [-0.25, -0.2) is 4.98 Å². The Morgan fingerprint density at radius 1 is 1.14 bits per heavy atom. The van der Waals surface area contributed by atoms with Crippen molar-refractivity contribution in [3.05, 3.63) is 46.2 Å². The molecular formula is C22H27N3O2S2. The van der Waals surface area contributed by atoms with Gasteiger partial charge in [0.1, 0.15) is 0 Å². The van der Waals surface area contributed by atoms with Crippen LogP contribution in [-0.2, 0) is 16.0 Å². The molecule has 5 nitrogen and oxygen atoms in total. The largest absolute Gasteiger partial charge is 0.348 e. The van der Waals surface area contributed by atoms with E-state index in [1.54, 1.807) is 11.3 Å². The van der Waals surface area contributed by atoms with Crippen LogP contribution in [0.3, 0.4) is 0 Å². The summed E-state index contributed by atoms with van der Waals surface area (Å²) in [5.41, 5.74) is 1.97. The maximum atomic E-state index is 12.5. The summed E-state index contributed by atoms with van der Waals surface area (Å²) in [6.07, 6.45) is 2.43. The highest BCUT2D eigenvalue weighted by Gasteiger charge is 2.19. The number of thiophene rings is 1. The van der Waals surface area contributed by atoms with Crippen LogP contribution in [0.2, 0.25) is 0 Å². The van der Waals surface area contributed by atoms with E-state index < -0.39 is 0 Å². The van der Waals surface area contributed by atoms with Gasteiger partial charge in [0.2, 0.25) is 11.8 Å². The van der Waals surface area contributed by atoms with Gasteiger partial charge in [0.15, 0.2) is 5.13 Å². The average molecular weight is 430 g/mol. The molecular weight excluding hydrogens is 402 g/mol. The summed E-state index contributed by atoms with van der Waals surface area (Å²) in [4.78, 5) is 29.9. The van der Waals surface area contributed by atoms with E-state index in [1.165, 1.54) is 16.2 Å². The third kappa shape index (κ3) is 5.87. The molecule has 0 unspecified atom stereocenters. The van der Waals surface area contributed by atoms with Gasteiger partial charge in [0.05, 0.1) is 16.3 Å². The molecule has 3 rings (SSSR count). The fourth-order valence-electron chi connectivity index (χ4n) is 3.12. The van der Waals surface area contributed by atoms with Gasteiger partial charge in [0, 0.05) is 17.7 Å². The fourth-order valence-corrected chi connectivity index (χ4v) is 5.02. The van der Waals surface area contributed by atoms with Crippen molar-refractivity contribution in [2.24, 2.45) is 5.92 Å². The normalized spacial score (nSPS) is 12.3. The Hall–Kier alpha value is -2.25. The van der Waals surface area contributed by atoms with Gasteiger partial charge in [-0.2, -0.15) is 0 Å².